The summed E-state index contributed by atoms with van der Waals surface area (Å²) in [6.07, 6.45) is 2.53. The third kappa shape index (κ3) is 2.87. The quantitative estimate of drug-likeness (QED) is 0.847. The number of aryl methyl sites for hydroxylation is 2. The van der Waals surface area contributed by atoms with E-state index in [9.17, 15) is 8.42 Å². The zero-order chi connectivity index (χ0) is 15.9. The molecule has 0 radical (unpaired) electrons. The van der Waals surface area contributed by atoms with Crippen molar-refractivity contribution in [3.05, 3.63) is 23.3 Å². The first-order valence-corrected chi connectivity index (χ1v) is 9.27. The molecule has 1 saturated heterocycles. The fourth-order valence-corrected chi connectivity index (χ4v) is 5.15. The van der Waals surface area contributed by atoms with Gasteiger partial charge in [-0.15, -0.1) is 0 Å². The fraction of sp³-hybridized carbons (Fsp3) is 0.625. The van der Waals surface area contributed by atoms with Gasteiger partial charge in [-0.3, -0.25) is 4.90 Å². The Hall–Kier alpha value is -1.11. The summed E-state index contributed by atoms with van der Waals surface area (Å²) in [5.74, 6) is 0.701. The Morgan fingerprint density at radius 1 is 1.05 bits per heavy atom. The van der Waals surface area contributed by atoms with Crippen LogP contribution in [0.3, 0.4) is 0 Å². The monoisotopic (exact) mass is 324 g/mol. The first-order valence-electron chi connectivity index (χ1n) is 7.83. The lowest BCUT2D eigenvalue weighted by Gasteiger charge is -2.34. The summed E-state index contributed by atoms with van der Waals surface area (Å²) < 4.78 is 32.8. The van der Waals surface area contributed by atoms with Crippen LogP contribution in [0.5, 0.6) is 5.75 Å². The van der Waals surface area contributed by atoms with Crippen molar-refractivity contribution in [2.24, 2.45) is 0 Å². The highest BCUT2D eigenvalue weighted by atomic mass is 32.2. The Morgan fingerprint density at radius 3 is 2.05 bits per heavy atom. The number of hydrogen-bond acceptors (Lipinski definition) is 4. The second-order valence-corrected chi connectivity index (χ2v) is 8.14. The van der Waals surface area contributed by atoms with Gasteiger partial charge in [0.25, 0.3) is 0 Å². The SMILES string of the molecule is COc1cc(C)c(S(=O)(=O)N2CCN(C3CC3)CC2)c(C)c1. The van der Waals surface area contributed by atoms with E-state index in [1.54, 1.807) is 23.5 Å². The van der Waals surface area contributed by atoms with Crippen LogP contribution in [0.4, 0.5) is 0 Å². The first-order chi connectivity index (χ1) is 10.4. The summed E-state index contributed by atoms with van der Waals surface area (Å²) >= 11 is 0. The molecular formula is C16H24N2O3S. The number of piperazine rings is 1. The number of benzene rings is 1. The zero-order valence-electron chi connectivity index (χ0n) is 13.5. The van der Waals surface area contributed by atoms with Crippen molar-refractivity contribution in [2.75, 3.05) is 33.3 Å². The summed E-state index contributed by atoms with van der Waals surface area (Å²) in [5.41, 5.74) is 1.50. The molecule has 2 fully saturated rings. The van der Waals surface area contributed by atoms with Gasteiger partial charge in [0.1, 0.15) is 5.75 Å². The van der Waals surface area contributed by atoms with Gasteiger partial charge in [-0.25, -0.2) is 8.42 Å². The van der Waals surface area contributed by atoms with Crippen LogP contribution < -0.4 is 4.74 Å². The molecule has 0 atom stereocenters. The van der Waals surface area contributed by atoms with E-state index in [-0.39, 0.29) is 0 Å². The number of nitrogens with zero attached hydrogens (tertiary/aromatic N) is 2. The predicted molar refractivity (Wildman–Crippen MR) is 85.8 cm³/mol. The Kier molecular flexibility index (Phi) is 4.18. The van der Waals surface area contributed by atoms with E-state index in [0.29, 0.717) is 29.8 Å². The van der Waals surface area contributed by atoms with Crippen LogP contribution in [-0.4, -0.2) is 57.0 Å². The van der Waals surface area contributed by atoms with Crippen molar-refractivity contribution in [1.29, 1.82) is 0 Å². The minimum absolute atomic E-state index is 0.438. The highest BCUT2D eigenvalue weighted by Crippen LogP contribution is 2.31. The Labute approximate surface area is 132 Å². The summed E-state index contributed by atoms with van der Waals surface area (Å²) in [7, 11) is -1.83. The number of methoxy groups -OCH3 is 1. The van der Waals surface area contributed by atoms with Gasteiger partial charge in [-0.05, 0) is 49.9 Å². The van der Waals surface area contributed by atoms with Crippen LogP contribution in [0.25, 0.3) is 0 Å². The lowest BCUT2D eigenvalue weighted by Crippen LogP contribution is -2.49. The van der Waals surface area contributed by atoms with E-state index >= 15 is 0 Å². The third-order valence-corrected chi connectivity index (χ3v) is 6.81. The van der Waals surface area contributed by atoms with Crippen molar-refractivity contribution < 1.29 is 13.2 Å². The lowest BCUT2D eigenvalue weighted by molar-refractivity contribution is 0.180. The van der Waals surface area contributed by atoms with E-state index in [1.807, 2.05) is 13.8 Å². The van der Waals surface area contributed by atoms with Gasteiger partial charge >= 0.3 is 0 Å². The van der Waals surface area contributed by atoms with Gasteiger partial charge in [0, 0.05) is 32.2 Å². The molecule has 1 aliphatic carbocycles. The molecule has 0 spiro atoms. The maximum atomic E-state index is 13.0. The van der Waals surface area contributed by atoms with E-state index in [0.717, 1.165) is 24.2 Å². The van der Waals surface area contributed by atoms with Crippen molar-refractivity contribution >= 4 is 10.0 Å². The number of sulfonamides is 1. The molecular weight excluding hydrogens is 300 g/mol. The summed E-state index contributed by atoms with van der Waals surface area (Å²) in [6, 6.07) is 4.29. The highest BCUT2D eigenvalue weighted by molar-refractivity contribution is 7.89. The van der Waals surface area contributed by atoms with Gasteiger partial charge in [-0.2, -0.15) is 4.31 Å². The number of ether oxygens (including phenoxy) is 1. The molecule has 1 heterocycles. The zero-order valence-corrected chi connectivity index (χ0v) is 14.3. The average molecular weight is 324 g/mol. The Bertz CT molecular complexity index is 637. The molecule has 5 nitrogen and oxygen atoms in total. The molecule has 122 valence electrons. The Morgan fingerprint density at radius 2 is 1.59 bits per heavy atom. The molecule has 0 bridgehead atoms. The molecule has 0 amide bonds. The third-order valence-electron chi connectivity index (χ3n) is 4.60. The minimum atomic E-state index is -3.43. The van der Waals surface area contributed by atoms with Crippen LogP contribution in [0.15, 0.2) is 17.0 Å². The lowest BCUT2D eigenvalue weighted by atomic mass is 10.1. The minimum Gasteiger partial charge on any atom is -0.497 e. The predicted octanol–water partition coefficient (Wildman–Crippen LogP) is 1.78. The van der Waals surface area contributed by atoms with Crippen molar-refractivity contribution in [2.45, 2.75) is 37.6 Å². The molecule has 1 aromatic rings. The van der Waals surface area contributed by atoms with Gasteiger partial charge in [-0.1, -0.05) is 0 Å². The number of rotatable bonds is 4. The molecule has 22 heavy (non-hydrogen) atoms. The molecule has 2 aliphatic rings. The molecule has 0 N–H and O–H groups in total. The topological polar surface area (TPSA) is 49.9 Å². The highest BCUT2D eigenvalue weighted by Gasteiger charge is 2.35. The maximum Gasteiger partial charge on any atom is 0.243 e. The molecule has 6 heteroatoms. The van der Waals surface area contributed by atoms with Crippen LogP contribution in [0, 0.1) is 13.8 Å². The fourth-order valence-electron chi connectivity index (χ4n) is 3.31. The molecule has 0 unspecified atom stereocenters. The second-order valence-electron chi connectivity index (χ2n) is 6.26. The van der Waals surface area contributed by atoms with Crippen LogP contribution in [0.2, 0.25) is 0 Å². The molecule has 1 aliphatic heterocycles. The van der Waals surface area contributed by atoms with E-state index in [2.05, 4.69) is 4.90 Å². The molecule has 1 saturated carbocycles. The van der Waals surface area contributed by atoms with E-state index in [1.165, 1.54) is 12.8 Å². The first kappa shape index (κ1) is 15.8. The number of hydrogen-bond donors (Lipinski definition) is 0. The second kappa shape index (κ2) is 5.83. The van der Waals surface area contributed by atoms with Crippen LogP contribution in [-0.2, 0) is 10.0 Å². The largest absolute Gasteiger partial charge is 0.497 e. The normalized spacial score (nSPS) is 21.0. The molecule has 1 aromatic carbocycles. The van der Waals surface area contributed by atoms with Crippen molar-refractivity contribution in [1.82, 2.24) is 9.21 Å². The average Bonchev–Trinajstić information content (AvgIpc) is 3.31. The Balaban J connectivity index is 1.84. The summed E-state index contributed by atoms with van der Waals surface area (Å²) in [5, 5.41) is 0. The molecule has 0 aromatic heterocycles. The van der Waals surface area contributed by atoms with Gasteiger partial charge in [0.05, 0.1) is 12.0 Å². The standard InChI is InChI=1S/C16H24N2O3S/c1-12-10-15(21-3)11-13(2)16(12)22(19,20)18-8-6-17(7-9-18)14-4-5-14/h10-11,14H,4-9H2,1-3H3. The van der Waals surface area contributed by atoms with Crippen molar-refractivity contribution in [3.8, 4) is 5.75 Å². The van der Waals surface area contributed by atoms with Gasteiger partial charge in [0.2, 0.25) is 10.0 Å². The van der Waals surface area contributed by atoms with E-state index < -0.39 is 10.0 Å². The van der Waals surface area contributed by atoms with Gasteiger partial charge < -0.3 is 4.74 Å². The van der Waals surface area contributed by atoms with Gasteiger partial charge in [0.15, 0.2) is 0 Å². The van der Waals surface area contributed by atoms with E-state index in [4.69, 9.17) is 4.74 Å². The molecule has 3 rings (SSSR count). The summed E-state index contributed by atoms with van der Waals surface area (Å²) in [4.78, 5) is 2.85. The van der Waals surface area contributed by atoms with Crippen LogP contribution >= 0.6 is 0 Å². The smallest absolute Gasteiger partial charge is 0.243 e. The maximum absolute atomic E-state index is 13.0. The summed E-state index contributed by atoms with van der Waals surface area (Å²) in [6.45, 7) is 6.54. The van der Waals surface area contributed by atoms with Crippen LogP contribution in [0.1, 0.15) is 24.0 Å². The van der Waals surface area contributed by atoms with Crippen molar-refractivity contribution in [3.63, 3.8) is 0 Å².